The molecule has 11 aromatic carbocycles. The van der Waals surface area contributed by atoms with Crippen molar-refractivity contribution in [2.24, 2.45) is 0 Å². The quantitative estimate of drug-likeness (QED) is 0.156. The maximum Gasteiger partial charge on any atom is 0.235 e. The summed E-state index contributed by atoms with van der Waals surface area (Å²) in [7, 11) is 0. The van der Waals surface area contributed by atoms with E-state index in [4.69, 9.17) is 9.97 Å². The molecule has 0 saturated heterocycles. The second-order valence-electron chi connectivity index (χ2n) is 17.7. The van der Waals surface area contributed by atoms with Gasteiger partial charge in [0.2, 0.25) is 5.95 Å². The lowest BCUT2D eigenvalue weighted by atomic mass is 9.92. The Hall–Kier alpha value is -9.12. The second kappa shape index (κ2) is 15.2. The van der Waals surface area contributed by atoms with Crippen molar-refractivity contribution >= 4 is 75.9 Å². The zero-order valence-corrected chi connectivity index (χ0v) is 36.9. The highest BCUT2D eigenvalue weighted by Gasteiger charge is 2.21. The number of benzene rings is 11. The largest absolute Gasteiger partial charge is 0.309 e. The van der Waals surface area contributed by atoms with Crippen LogP contribution in [0.15, 0.2) is 243 Å². The molecule has 4 heteroatoms. The molecule has 0 bridgehead atoms. The van der Waals surface area contributed by atoms with E-state index >= 15 is 0 Å². The summed E-state index contributed by atoms with van der Waals surface area (Å²) in [6, 6.07) is 87.5. The molecule has 0 amide bonds. The van der Waals surface area contributed by atoms with E-state index < -0.39 is 0 Å². The van der Waals surface area contributed by atoms with Crippen molar-refractivity contribution < 1.29 is 0 Å². The van der Waals surface area contributed by atoms with Crippen LogP contribution in [0, 0.1) is 0 Å². The van der Waals surface area contributed by atoms with Crippen LogP contribution in [0.3, 0.4) is 0 Å². The predicted octanol–water partition coefficient (Wildman–Crippen LogP) is 16.8. The molecule has 4 nitrogen and oxygen atoms in total. The van der Waals surface area contributed by atoms with Gasteiger partial charge in [-0.15, -0.1) is 0 Å². The molecule has 68 heavy (non-hydrogen) atoms. The SMILES string of the molecule is c1ccc(-c2cc(-c3ccccc3)nc(-n3c4ccccc4c4c(-c5ccc6c(c5)c5ccccc5n6-c5ccc(-c6ccc7c8ccccc8c8ccccc8c7c6)cc5)cccc43)n2)cc1. The van der Waals surface area contributed by atoms with Crippen LogP contribution < -0.4 is 0 Å². The molecule has 3 aromatic heterocycles. The van der Waals surface area contributed by atoms with Crippen molar-refractivity contribution in [3.05, 3.63) is 243 Å². The van der Waals surface area contributed by atoms with Gasteiger partial charge in [-0.1, -0.05) is 188 Å². The molecule has 0 N–H and O–H groups in total. The van der Waals surface area contributed by atoms with Gasteiger partial charge in [-0.2, -0.15) is 0 Å². The van der Waals surface area contributed by atoms with Gasteiger partial charge in [0.1, 0.15) is 0 Å². The summed E-state index contributed by atoms with van der Waals surface area (Å²) in [4.78, 5) is 10.6. The number of aromatic nitrogens is 4. The van der Waals surface area contributed by atoms with Gasteiger partial charge in [-0.3, -0.25) is 4.57 Å². The van der Waals surface area contributed by atoms with E-state index in [1.54, 1.807) is 0 Å². The summed E-state index contributed by atoms with van der Waals surface area (Å²) in [5, 5.41) is 12.5. The van der Waals surface area contributed by atoms with Gasteiger partial charge in [-0.25, -0.2) is 9.97 Å². The Bertz CT molecular complexity index is 4200. The molecule has 0 unspecified atom stereocenters. The van der Waals surface area contributed by atoms with Crippen LogP contribution >= 0.6 is 0 Å². The molecule has 0 spiro atoms. The number of nitrogens with zero attached hydrogens (tertiary/aromatic N) is 4. The molecule has 0 fully saturated rings. The first-order chi connectivity index (χ1) is 33.7. The molecule has 0 radical (unpaired) electrons. The molecule has 14 aromatic rings. The summed E-state index contributed by atoms with van der Waals surface area (Å²) in [5.74, 6) is 0.640. The average molecular weight is 865 g/mol. The van der Waals surface area contributed by atoms with Crippen molar-refractivity contribution in [1.29, 1.82) is 0 Å². The van der Waals surface area contributed by atoms with Gasteiger partial charge in [0.05, 0.1) is 33.5 Å². The number of rotatable bonds is 6. The molecule has 0 aliphatic rings. The third kappa shape index (κ3) is 5.94. The smallest absolute Gasteiger partial charge is 0.235 e. The summed E-state index contributed by atoms with van der Waals surface area (Å²) >= 11 is 0. The first-order valence-electron chi connectivity index (χ1n) is 23.2. The Labute approximate surface area is 392 Å². The van der Waals surface area contributed by atoms with Crippen molar-refractivity contribution in [3.63, 3.8) is 0 Å². The number of fused-ring (bicyclic) bond motifs is 12. The van der Waals surface area contributed by atoms with Crippen molar-refractivity contribution in [1.82, 2.24) is 19.1 Å². The van der Waals surface area contributed by atoms with Gasteiger partial charge in [0, 0.05) is 38.4 Å². The first-order valence-corrected chi connectivity index (χ1v) is 23.2. The summed E-state index contributed by atoms with van der Waals surface area (Å²) in [6.45, 7) is 0. The molecule has 0 saturated carbocycles. The van der Waals surface area contributed by atoms with Gasteiger partial charge < -0.3 is 4.57 Å². The molecule has 316 valence electrons. The Morgan fingerprint density at radius 1 is 0.250 bits per heavy atom. The second-order valence-corrected chi connectivity index (χ2v) is 17.7. The van der Waals surface area contributed by atoms with Gasteiger partial charge in [0.25, 0.3) is 0 Å². The van der Waals surface area contributed by atoms with E-state index in [2.05, 4.69) is 240 Å². The zero-order chi connectivity index (χ0) is 44.7. The molecule has 0 atom stereocenters. The lowest BCUT2D eigenvalue weighted by Crippen LogP contribution is -2.04. The average Bonchev–Trinajstić information content (AvgIpc) is 3.94. The van der Waals surface area contributed by atoms with E-state index in [1.165, 1.54) is 76.2 Å². The monoisotopic (exact) mass is 864 g/mol. The van der Waals surface area contributed by atoms with Crippen LogP contribution in [0.4, 0.5) is 0 Å². The van der Waals surface area contributed by atoms with E-state index in [9.17, 15) is 0 Å². The Morgan fingerprint density at radius 3 is 1.37 bits per heavy atom. The van der Waals surface area contributed by atoms with Crippen LogP contribution in [-0.2, 0) is 0 Å². The molecular weight excluding hydrogens is 825 g/mol. The van der Waals surface area contributed by atoms with Crippen LogP contribution in [0.5, 0.6) is 0 Å². The Morgan fingerprint density at radius 2 is 0.721 bits per heavy atom. The number of para-hydroxylation sites is 2. The van der Waals surface area contributed by atoms with Crippen molar-refractivity contribution in [3.8, 4) is 56.4 Å². The van der Waals surface area contributed by atoms with Crippen LogP contribution in [0.25, 0.3) is 132 Å². The minimum absolute atomic E-state index is 0.640. The highest BCUT2D eigenvalue weighted by Crippen LogP contribution is 2.42. The third-order valence-electron chi connectivity index (χ3n) is 13.9. The van der Waals surface area contributed by atoms with E-state index in [0.29, 0.717) is 5.95 Å². The highest BCUT2D eigenvalue weighted by atomic mass is 15.2. The molecule has 14 rings (SSSR count). The molecule has 0 aliphatic carbocycles. The zero-order valence-electron chi connectivity index (χ0n) is 36.9. The number of hydrogen-bond donors (Lipinski definition) is 0. The fraction of sp³-hybridized carbons (Fsp3) is 0. The normalized spacial score (nSPS) is 11.8. The number of hydrogen-bond acceptors (Lipinski definition) is 2. The first kappa shape index (κ1) is 38.2. The molecule has 0 aliphatic heterocycles. The van der Waals surface area contributed by atoms with Crippen molar-refractivity contribution in [2.45, 2.75) is 0 Å². The standard InChI is InChI=1S/C64H40N4/c1-3-16-42(17-4-1)57-40-58(43-18-5-2-6-19-43)66-64(65-57)68-60-28-14-12-25-54(60)63-47(26-15-29-62(63)68)45-33-37-61-56(39-45)53-24-11-13-27-59(53)67(61)46-34-30-41(31-35-46)44-32-36-52-50-22-8-7-20-48(50)49-21-9-10-23-51(49)55(52)38-44/h1-40H. The van der Waals surface area contributed by atoms with Crippen LogP contribution in [0.1, 0.15) is 0 Å². The molecular formula is C64H40N4. The lowest BCUT2D eigenvalue weighted by molar-refractivity contribution is 0.995. The minimum atomic E-state index is 0.640. The fourth-order valence-corrected chi connectivity index (χ4v) is 10.8. The molecule has 3 heterocycles. The van der Waals surface area contributed by atoms with Gasteiger partial charge in [-0.05, 0) is 109 Å². The van der Waals surface area contributed by atoms with Crippen molar-refractivity contribution in [2.75, 3.05) is 0 Å². The lowest BCUT2D eigenvalue weighted by Gasteiger charge is -2.13. The van der Waals surface area contributed by atoms with Gasteiger partial charge in [0.15, 0.2) is 0 Å². The minimum Gasteiger partial charge on any atom is -0.309 e. The topological polar surface area (TPSA) is 35.6 Å². The maximum absolute atomic E-state index is 5.29. The predicted molar refractivity (Wildman–Crippen MR) is 285 cm³/mol. The third-order valence-corrected chi connectivity index (χ3v) is 13.9. The van der Waals surface area contributed by atoms with Crippen LogP contribution in [0.2, 0.25) is 0 Å². The summed E-state index contributed by atoms with van der Waals surface area (Å²) in [6.07, 6.45) is 0. The van der Waals surface area contributed by atoms with E-state index in [0.717, 1.165) is 50.2 Å². The maximum atomic E-state index is 5.29. The van der Waals surface area contributed by atoms with Gasteiger partial charge >= 0.3 is 0 Å². The summed E-state index contributed by atoms with van der Waals surface area (Å²) in [5.41, 5.74) is 14.2. The highest BCUT2D eigenvalue weighted by molar-refractivity contribution is 6.26. The van der Waals surface area contributed by atoms with E-state index in [1.807, 2.05) is 12.1 Å². The van der Waals surface area contributed by atoms with E-state index in [-0.39, 0.29) is 0 Å². The summed E-state index contributed by atoms with van der Waals surface area (Å²) < 4.78 is 4.65. The van der Waals surface area contributed by atoms with Crippen LogP contribution in [-0.4, -0.2) is 19.1 Å². The Balaban J connectivity index is 0.898. The Kier molecular flexibility index (Phi) is 8.55. The fourth-order valence-electron chi connectivity index (χ4n) is 10.8.